The lowest BCUT2D eigenvalue weighted by atomic mass is 10.2. The topological polar surface area (TPSA) is 40.1 Å². The lowest BCUT2D eigenvalue weighted by Crippen LogP contribution is -2.39. The van der Waals surface area contributed by atoms with E-state index in [4.69, 9.17) is 0 Å². The third-order valence-corrected chi connectivity index (χ3v) is 3.55. The van der Waals surface area contributed by atoms with Crippen molar-refractivity contribution < 1.29 is 13.5 Å². The van der Waals surface area contributed by atoms with E-state index in [1.165, 1.54) is 0 Å². The van der Waals surface area contributed by atoms with Crippen molar-refractivity contribution in [3.63, 3.8) is 0 Å². The highest BCUT2D eigenvalue weighted by Gasteiger charge is 2.08. The number of nitrogens with zero attached hydrogens (tertiary/aromatic N) is 3. The molecular weight excluding hydrogens is 441 g/mol. The summed E-state index contributed by atoms with van der Waals surface area (Å²) in [5.74, 6) is 0.995. The molecule has 25 heavy (non-hydrogen) atoms. The fourth-order valence-electron chi connectivity index (χ4n) is 2.08. The van der Waals surface area contributed by atoms with Crippen LogP contribution >= 0.6 is 24.0 Å². The van der Waals surface area contributed by atoms with E-state index in [2.05, 4.69) is 33.9 Å². The van der Waals surface area contributed by atoms with Gasteiger partial charge in [0, 0.05) is 26.7 Å². The van der Waals surface area contributed by atoms with Gasteiger partial charge in [-0.3, -0.25) is 4.99 Å². The van der Waals surface area contributed by atoms with Crippen LogP contribution in [0.4, 0.5) is 8.78 Å². The molecule has 0 atom stereocenters. The Morgan fingerprint density at radius 1 is 1.20 bits per heavy atom. The first-order valence-corrected chi connectivity index (χ1v) is 8.18. The summed E-state index contributed by atoms with van der Waals surface area (Å²) >= 11 is 0. The van der Waals surface area contributed by atoms with E-state index in [0.29, 0.717) is 6.54 Å². The number of halogens is 3. The van der Waals surface area contributed by atoms with Gasteiger partial charge in [-0.15, -0.1) is 24.0 Å². The summed E-state index contributed by atoms with van der Waals surface area (Å²) in [6.07, 6.45) is 0. The number of aliphatic imine (C=N–C) groups is 1. The minimum atomic E-state index is -2.80. The summed E-state index contributed by atoms with van der Waals surface area (Å²) in [5, 5.41) is 3.27. The maximum Gasteiger partial charge on any atom is 0.387 e. The van der Waals surface area contributed by atoms with Crippen LogP contribution in [-0.2, 0) is 6.54 Å². The number of likely N-dealkylation sites (N-methyl/N-ethyl adjacent to an activating group) is 1. The van der Waals surface area contributed by atoms with Crippen molar-refractivity contribution in [2.45, 2.75) is 27.0 Å². The number of hydrogen-bond acceptors (Lipinski definition) is 3. The van der Waals surface area contributed by atoms with Crippen molar-refractivity contribution in [2.24, 2.45) is 4.99 Å². The van der Waals surface area contributed by atoms with E-state index in [1.807, 2.05) is 18.9 Å². The third kappa shape index (κ3) is 9.78. The number of benzene rings is 1. The molecule has 0 aliphatic carbocycles. The van der Waals surface area contributed by atoms with Gasteiger partial charge in [0.2, 0.25) is 0 Å². The molecule has 0 aliphatic rings. The van der Waals surface area contributed by atoms with Crippen LogP contribution in [0.5, 0.6) is 5.75 Å². The monoisotopic (exact) mass is 470 g/mol. The zero-order valence-electron chi connectivity index (χ0n) is 15.3. The summed E-state index contributed by atoms with van der Waals surface area (Å²) in [7, 11) is 4.02. The van der Waals surface area contributed by atoms with Crippen molar-refractivity contribution >= 4 is 29.9 Å². The molecule has 0 aromatic heterocycles. The fourth-order valence-corrected chi connectivity index (χ4v) is 2.08. The summed E-state index contributed by atoms with van der Waals surface area (Å²) in [6.45, 7) is 5.37. The number of nitrogens with one attached hydrogen (secondary N) is 1. The number of alkyl halides is 2. The normalized spacial score (nSPS) is 11.4. The van der Waals surface area contributed by atoms with Crippen LogP contribution in [0.2, 0.25) is 0 Å². The highest BCUT2D eigenvalue weighted by Crippen LogP contribution is 2.15. The van der Waals surface area contributed by atoms with Crippen molar-refractivity contribution in [3.8, 4) is 5.75 Å². The molecule has 1 aromatic rings. The minimum Gasteiger partial charge on any atom is -0.435 e. The minimum absolute atomic E-state index is 0. The van der Waals surface area contributed by atoms with E-state index in [-0.39, 0.29) is 29.7 Å². The molecule has 0 heterocycles. The van der Waals surface area contributed by atoms with Crippen LogP contribution < -0.4 is 10.1 Å². The third-order valence-electron chi connectivity index (χ3n) is 3.55. The average molecular weight is 470 g/mol. The van der Waals surface area contributed by atoms with Crippen molar-refractivity contribution in [2.75, 3.05) is 40.3 Å². The van der Waals surface area contributed by atoms with Crippen LogP contribution in [0.3, 0.4) is 0 Å². The number of rotatable bonds is 9. The Morgan fingerprint density at radius 3 is 2.36 bits per heavy atom. The molecule has 5 nitrogen and oxygen atoms in total. The molecule has 0 spiro atoms. The van der Waals surface area contributed by atoms with Gasteiger partial charge in [-0.2, -0.15) is 8.78 Å². The molecule has 0 unspecified atom stereocenters. The van der Waals surface area contributed by atoms with Crippen molar-refractivity contribution in [1.29, 1.82) is 0 Å². The van der Waals surface area contributed by atoms with E-state index >= 15 is 0 Å². The zero-order chi connectivity index (χ0) is 17.9. The standard InChI is InChI=1S/C17H28F2N4O.HI/c1-5-20-17(21-11-12-22(3)6-2)23(4)13-14-7-9-15(10-8-14)24-16(18)19;/h7-10,16H,5-6,11-13H2,1-4H3,(H,20,21);1H. The van der Waals surface area contributed by atoms with Crippen LogP contribution in [0.1, 0.15) is 19.4 Å². The predicted molar refractivity (Wildman–Crippen MR) is 109 cm³/mol. The fraction of sp³-hybridized carbons (Fsp3) is 0.588. The Hall–Kier alpha value is -1.16. The molecule has 0 bridgehead atoms. The molecule has 0 saturated carbocycles. The second kappa shape index (κ2) is 13.1. The highest BCUT2D eigenvalue weighted by atomic mass is 127. The quantitative estimate of drug-likeness (QED) is 0.342. The van der Waals surface area contributed by atoms with Crippen LogP contribution in [0.25, 0.3) is 0 Å². The number of ether oxygens (including phenoxy) is 1. The molecule has 144 valence electrons. The van der Waals surface area contributed by atoms with Gasteiger partial charge in [-0.1, -0.05) is 19.1 Å². The summed E-state index contributed by atoms with van der Waals surface area (Å²) in [4.78, 5) is 8.84. The molecule has 1 aromatic carbocycles. The van der Waals surface area contributed by atoms with Gasteiger partial charge < -0.3 is 19.9 Å². The molecular formula is C17H29F2IN4O. The first-order valence-electron chi connectivity index (χ1n) is 8.18. The van der Waals surface area contributed by atoms with E-state index in [0.717, 1.165) is 37.7 Å². The second-order valence-corrected chi connectivity index (χ2v) is 5.51. The van der Waals surface area contributed by atoms with Gasteiger partial charge >= 0.3 is 6.61 Å². The first-order chi connectivity index (χ1) is 11.5. The van der Waals surface area contributed by atoms with E-state index in [9.17, 15) is 8.78 Å². The smallest absolute Gasteiger partial charge is 0.387 e. The van der Waals surface area contributed by atoms with Crippen LogP contribution in [-0.4, -0.2) is 62.6 Å². The Morgan fingerprint density at radius 2 is 1.84 bits per heavy atom. The SMILES string of the molecule is CCNC(=NCCN(C)CC)N(C)Cc1ccc(OC(F)F)cc1.I. The summed E-state index contributed by atoms with van der Waals surface area (Å²) in [5.41, 5.74) is 0.996. The Labute approximate surface area is 166 Å². The van der Waals surface area contributed by atoms with Gasteiger partial charge in [0.05, 0.1) is 6.54 Å². The molecule has 0 aliphatic heterocycles. The van der Waals surface area contributed by atoms with Crippen LogP contribution in [0.15, 0.2) is 29.3 Å². The molecule has 0 radical (unpaired) electrons. The second-order valence-electron chi connectivity index (χ2n) is 5.51. The van der Waals surface area contributed by atoms with E-state index < -0.39 is 6.61 Å². The summed E-state index contributed by atoms with van der Waals surface area (Å²) in [6, 6.07) is 6.66. The maximum atomic E-state index is 12.2. The number of hydrogen-bond donors (Lipinski definition) is 1. The van der Waals surface area contributed by atoms with Gasteiger partial charge in [0.25, 0.3) is 0 Å². The molecule has 0 saturated heterocycles. The maximum absolute atomic E-state index is 12.2. The summed E-state index contributed by atoms with van der Waals surface area (Å²) < 4.78 is 28.7. The van der Waals surface area contributed by atoms with Crippen molar-refractivity contribution in [3.05, 3.63) is 29.8 Å². The van der Waals surface area contributed by atoms with Gasteiger partial charge in [0.1, 0.15) is 5.75 Å². The molecule has 1 rings (SSSR count). The largest absolute Gasteiger partial charge is 0.435 e. The Bertz CT molecular complexity index is 500. The Kier molecular flexibility index (Phi) is 12.5. The number of guanidine groups is 1. The van der Waals surface area contributed by atoms with Crippen LogP contribution in [0, 0.1) is 0 Å². The molecule has 8 heteroatoms. The average Bonchev–Trinajstić information content (AvgIpc) is 2.55. The van der Waals surface area contributed by atoms with Crippen molar-refractivity contribution in [1.82, 2.24) is 15.1 Å². The van der Waals surface area contributed by atoms with E-state index in [1.54, 1.807) is 24.3 Å². The lowest BCUT2D eigenvalue weighted by Gasteiger charge is -2.22. The van der Waals surface area contributed by atoms with Gasteiger partial charge in [0.15, 0.2) is 5.96 Å². The first kappa shape index (κ1) is 23.8. The van der Waals surface area contributed by atoms with Gasteiger partial charge in [-0.05, 0) is 38.2 Å². The Balaban J connectivity index is 0.00000576. The highest BCUT2D eigenvalue weighted by molar-refractivity contribution is 14.0. The lowest BCUT2D eigenvalue weighted by molar-refractivity contribution is -0.0498. The molecule has 0 amide bonds. The van der Waals surface area contributed by atoms with Gasteiger partial charge in [-0.25, -0.2) is 0 Å². The molecule has 0 fully saturated rings. The molecule has 1 N–H and O–H groups in total. The zero-order valence-corrected chi connectivity index (χ0v) is 17.7. The predicted octanol–water partition coefficient (Wildman–Crippen LogP) is 3.26.